The lowest BCUT2D eigenvalue weighted by Gasteiger charge is -2.43. The van der Waals surface area contributed by atoms with Crippen molar-refractivity contribution < 1.29 is 18.7 Å². The van der Waals surface area contributed by atoms with Gasteiger partial charge in [-0.15, -0.1) is 0 Å². The van der Waals surface area contributed by atoms with Crippen molar-refractivity contribution >= 4 is 24.5 Å². The fraction of sp³-hybridized carbons (Fsp3) is 0.324. The number of nitrogens with one attached hydrogen (secondary N) is 1. The largest absolute Gasteiger partial charge is 0.407 e. The molecule has 4 atom stereocenters. The summed E-state index contributed by atoms with van der Waals surface area (Å²) in [4.78, 5) is 44.2. The highest BCUT2D eigenvalue weighted by atomic mass is 28.4. The van der Waals surface area contributed by atoms with E-state index in [1.807, 2.05) is 66.7 Å². The zero-order valence-electron chi connectivity index (χ0n) is 26.2. The molecule has 1 aliphatic rings. The highest BCUT2D eigenvalue weighted by Crippen LogP contribution is 2.38. The number of rotatable bonds is 11. The smallest absolute Gasteiger partial charge is 0.330 e. The molecular weight excluding hydrogens is 602 g/mol. The van der Waals surface area contributed by atoms with Crippen LogP contribution in [-0.2, 0) is 25.3 Å². The summed E-state index contributed by atoms with van der Waals surface area (Å²) in [5.74, 6) is -0.543. The second kappa shape index (κ2) is 13.8. The predicted octanol–water partition coefficient (Wildman–Crippen LogP) is 4.15. The summed E-state index contributed by atoms with van der Waals surface area (Å²) in [7, 11) is -3.07. The number of hydrogen-bond acceptors (Lipinski definition) is 7. The molecule has 11 nitrogen and oxygen atoms in total. The molecule has 12 heteroatoms. The van der Waals surface area contributed by atoms with Crippen LogP contribution in [0.15, 0.2) is 112 Å². The van der Waals surface area contributed by atoms with Crippen LogP contribution in [0.4, 0.5) is 0 Å². The van der Waals surface area contributed by atoms with Gasteiger partial charge in [0.25, 0.3) is 13.9 Å². The number of azide groups is 1. The molecule has 2 heterocycles. The standard InChI is InChI=1S/C34H37N5O6Si/c1-23-20-39(33(42)36-31(23)41)32-28(40)30(43-21-24-14-8-5-9-15-24)29(45-32)27(37-38-35)22-44-46(34(2,3)4,25-16-10-6-11-17-25)26-18-12-7-13-19-26/h5-20,27,29-30,32H,21-22H2,1-4H3,(H,36,41,42)/t27-,29-,30+,32-/m1/s1. The summed E-state index contributed by atoms with van der Waals surface area (Å²) in [6.45, 7) is 7.89. The Morgan fingerprint density at radius 3 is 2.07 bits per heavy atom. The molecule has 0 radical (unpaired) electrons. The van der Waals surface area contributed by atoms with Crippen LogP contribution < -0.4 is 21.6 Å². The highest BCUT2D eigenvalue weighted by Gasteiger charge is 2.53. The van der Waals surface area contributed by atoms with E-state index >= 15 is 0 Å². The summed E-state index contributed by atoms with van der Waals surface area (Å²) in [5.41, 5.74) is 9.39. The quantitative estimate of drug-likeness (QED) is 0.113. The molecule has 1 aromatic heterocycles. The van der Waals surface area contributed by atoms with Crippen molar-refractivity contribution in [1.82, 2.24) is 9.55 Å². The Bertz CT molecular complexity index is 1780. The van der Waals surface area contributed by atoms with Gasteiger partial charge < -0.3 is 13.9 Å². The third-order valence-corrected chi connectivity index (χ3v) is 13.3. The number of Topliss-reactive ketones (excluding diaryl/α,β-unsaturated/α-hetero) is 1. The molecule has 0 unspecified atom stereocenters. The van der Waals surface area contributed by atoms with Crippen LogP contribution in [-0.4, -0.2) is 48.5 Å². The lowest BCUT2D eigenvalue weighted by Crippen LogP contribution is -2.67. The summed E-state index contributed by atoms with van der Waals surface area (Å²) in [5, 5.41) is 5.77. The van der Waals surface area contributed by atoms with E-state index in [-0.39, 0.29) is 23.8 Å². The number of ketones is 1. The van der Waals surface area contributed by atoms with Gasteiger partial charge in [0.05, 0.1) is 12.6 Å². The van der Waals surface area contributed by atoms with Crippen molar-refractivity contribution in [3.8, 4) is 0 Å². The molecule has 4 aromatic rings. The van der Waals surface area contributed by atoms with Gasteiger partial charge in [-0.3, -0.25) is 19.1 Å². The Kier molecular flexibility index (Phi) is 9.85. The second-order valence-electron chi connectivity index (χ2n) is 12.3. The molecular formula is C34H37N5O6Si. The van der Waals surface area contributed by atoms with Crippen LogP contribution in [0, 0.1) is 6.92 Å². The van der Waals surface area contributed by atoms with Crippen molar-refractivity contribution in [3.63, 3.8) is 0 Å². The third kappa shape index (κ3) is 6.53. The van der Waals surface area contributed by atoms with E-state index < -0.39 is 49.8 Å². The monoisotopic (exact) mass is 639 g/mol. The number of ether oxygens (including phenoxy) is 2. The molecule has 0 bridgehead atoms. The summed E-state index contributed by atoms with van der Waals surface area (Å²) in [6, 6.07) is 28.3. The molecule has 3 aromatic carbocycles. The minimum Gasteiger partial charge on any atom is -0.407 e. The number of benzene rings is 3. The average molecular weight is 640 g/mol. The lowest BCUT2D eigenvalue weighted by molar-refractivity contribution is -0.132. The summed E-state index contributed by atoms with van der Waals surface area (Å²) < 4.78 is 20.5. The maximum absolute atomic E-state index is 13.9. The van der Waals surface area contributed by atoms with Gasteiger partial charge in [0.2, 0.25) is 5.78 Å². The number of nitrogens with zero attached hydrogens (tertiary/aromatic N) is 4. The molecule has 0 aliphatic carbocycles. The SMILES string of the molecule is Cc1cn([C@@H]2O[C@H]([C@@H](CO[Si](c3ccccc3)(c3ccccc3)C(C)(C)C)N=[N+]=[N-])[C@@H](OCc3ccccc3)C2=O)c(=O)[nH]c1=O. The summed E-state index contributed by atoms with van der Waals surface area (Å²) in [6.07, 6.45) is -2.45. The Balaban J connectivity index is 1.55. The van der Waals surface area contributed by atoms with Crippen LogP contribution >= 0.6 is 0 Å². The van der Waals surface area contributed by atoms with Gasteiger partial charge in [0.1, 0.15) is 12.2 Å². The van der Waals surface area contributed by atoms with Crippen LogP contribution in [0.5, 0.6) is 0 Å². The van der Waals surface area contributed by atoms with Crippen molar-refractivity contribution in [2.24, 2.45) is 5.11 Å². The maximum atomic E-state index is 13.9. The maximum Gasteiger partial charge on any atom is 0.330 e. The number of aromatic nitrogens is 2. The van der Waals surface area contributed by atoms with E-state index in [1.165, 1.54) is 13.1 Å². The van der Waals surface area contributed by atoms with Gasteiger partial charge in [-0.25, -0.2) is 4.79 Å². The third-order valence-electron chi connectivity index (χ3n) is 8.25. The molecule has 0 amide bonds. The fourth-order valence-electron chi connectivity index (χ4n) is 6.01. The Morgan fingerprint density at radius 2 is 1.52 bits per heavy atom. The molecule has 1 fully saturated rings. The molecule has 1 aliphatic heterocycles. The number of H-pyrrole nitrogens is 1. The van der Waals surface area contributed by atoms with Gasteiger partial charge in [0, 0.05) is 23.3 Å². The van der Waals surface area contributed by atoms with E-state index in [1.54, 1.807) is 0 Å². The molecule has 238 valence electrons. The van der Waals surface area contributed by atoms with Crippen LogP contribution in [0.1, 0.15) is 38.1 Å². The normalized spacial score (nSPS) is 19.0. The molecule has 5 rings (SSSR count). The van der Waals surface area contributed by atoms with E-state index in [2.05, 4.69) is 60.0 Å². The zero-order valence-corrected chi connectivity index (χ0v) is 27.2. The van der Waals surface area contributed by atoms with E-state index in [9.17, 15) is 19.9 Å². The van der Waals surface area contributed by atoms with Gasteiger partial charge in [-0.1, -0.05) is 117 Å². The van der Waals surface area contributed by atoms with Crippen molar-refractivity contribution in [2.75, 3.05) is 6.61 Å². The lowest BCUT2D eigenvalue weighted by atomic mass is 10.1. The first-order valence-electron chi connectivity index (χ1n) is 15.0. The Labute approximate surface area is 267 Å². The van der Waals surface area contributed by atoms with Gasteiger partial charge in [-0.05, 0) is 33.4 Å². The molecule has 1 saturated heterocycles. The van der Waals surface area contributed by atoms with Crippen LogP contribution in [0.25, 0.3) is 10.4 Å². The summed E-state index contributed by atoms with van der Waals surface area (Å²) >= 11 is 0. The predicted molar refractivity (Wildman–Crippen MR) is 177 cm³/mol. The fourth-order valence-corrected chi connectivity index (χ4v) is 10.6. The Hall–Kier alpha value is -4.58. The minimum absolute atomic E-state index is 0.0714. The van der Waals surface area contributed by atoms with Crippen LogP contribution in [0.3, 0.4) is 0 Å². The zero-order chi connectivity index (χ0) is 32.9. The number of aryl methyl sites for hydroxylation is 1. The average Bonchev–Trinajstić information content (AvgIpc) is 3.37. The van der Waals surface area contributed by atoms with Crippen molar-refractivity contribution in [1.29, 1.82) is 0 Å². The van der Waals surface area contributed by atoms with E-state index in [0.717, 1.165) is 20.5 Å². The van der Waals surface area contributed by atoms with Gasteiger partial charge in [0.15, 0.2) is 6.23 Å². The number of carbonyl (C=O) groups is 1. The second-order valence-corrected chi connectivity index (χ2v) is 16.6. The molecule has 0 spiro atoms. The van der Waals surface area contributed by atoms with Crippen molar-refractivity contribution in [2.45, 2.75) is 63.8 Å². The molecule has 0 saturated carbocycles. The first-order chi connectivity index (χ1) is 22.1. The van der Waals surface area contributed by atoms with Crippen molar-refractivity contribution in [3.05, 3.63) is 140 Å². The van der Waals surface area contributed by atoms with E-state index in [4.69, 9.17) is 13.9 Å². The first kappa shape index (κ1) is 32.8. The number of carbonyl (C=O) groups excluding carboxylic acids is 1. The number of hydrogen-bond donors (Lipinski definition) is 1. The van der Waals surface area contributed by atoms with Gasteiger partial charge in [-0.2, -0.15) is 0 Å². The van der Waals surface area contributed by atoms with Crippen LogP contribution in [0.2, 0.25) is 5.04 Å². The molecule has 1 N–H and O–H groups in total. The highest BCUT2D eigenvalue weighted by molar-refractivity contribution is 6.99. The number of aromatic amines is 1. The topological polar surface area (TPSA) is 148 Å². The van der Waals surface area contributed by atoms with Gasteiger partial charge >= 0.3 is 5.69 Å². The Morgan fingerprint density at radius 1 is 0.957 bits per heavy atom. The van der Waals surface area contributed by atoms with E-state index in [0.29, 0.717) is 0 Å². The molecule has 46 heavy (non-hydrogen) atoms. The minimum atomic E-state index is -3.07. The first-order valence-corrected chi connectivity index (χ1v) is 16.9.